The molecule has 0 aromatic rings. The first kappa shape index (κ1) is 13.8. The number of likely N-dealkylation sites (tertiary alicyclic amines) is 2. The summed E-state index contributed by atoms with van der Waals surface area (Å²) in [6.07, 6.45) is 2.87. The lowest BCUT2D eigenvalue weighted by atomic mass is 9.97. The van der Waals surface area contributed by atoms with E-state index >= 15 is 0 Å². The normalized spacial score (nSPS) is 27.4. The molecule has 0 saturated carbocycles. The molecule has 0 bridgehead atoms. The van der Waals surface area contributed by atoms with Crippen LogP contribution in [0.5, 0.6) is 0 Å². The van der Waals surface area contributed by atoms with Crippen molar-refractivity contribution in [2.45, 2.75) is 38.6 Å². The van der Waals surface area contributed by atoms with Crippen LogP contribution in [0.2, 0.25) is 0 Å². The minimum Gasteiger partial charge on any atom is -0.481 e. The van der Waals surface area contributed by atoms with E-state index in [1.807, 2.05) is 0 Å². The van der Waals surface area contributed by atoms with Gasteiger partial charge in [0, 0.05) is 26.6 Å². The highest BCUT2D eigenvalue weighted by molar-refractivity contribution is 5.88. The standard InChI is InChI=1S/C13H20N2O4/c1-9(16)15-7-3-5-11(15)12(17)14-6-2-4-10(8-14)13(18)19/h10-11H,2-8H2,1H3,(H,18,19)/t10-,11+/m1/s1. The van der Waals surface area contributed by atoms with Crippen molar-refractivity contribution in [3.05, 3.63) is 0 Å². The highest BCUT2D eigenvalue weighted by Gasteiger charge is 2.37. The van der Waals surface area contributed by atoms with Crippen LogP contribution < -0.4 is 0 Å². The van der Waals surface area contributed by atoms with Gasteiger partial charge in [0.2, 0.25) is 11.8 Å². The van der Waals surface area contributed by atoms with Crippen molar-refractivity contribution in [3.8, 4) is 0 Å². The van der Waals surface area contributed by atoms with Crippen LogP contribution in [0.25, 0.3) is 0 Å². The van der Waals surface area contributed by atoms with Crippen LogP contribution in [0, 0.1) is 5.92 Å². The number of piperidine rings is 1. The molecule has 0 radical (unpaired) electrons. The largest absolute Gasteiger partial charge is 0.481 e. The van der Waals surface area contributed by atoms with Crippen LogP contribution in [0.1, 0.15) is 32.6 Å². The summed E-state index contributed by atoms with van der Waals surface area (Å²) in [5.74, 6) is -1.47. The fraction of sp³-hybridized carbons (Fsp3) is 0.769. The van der Waals surface area contributed by atoms with Gasteiger partial charge in [-0.25, -0.2) is 0 Å². The molecule has 2 amide bonds. The zero-order valence-corrected chi connectivity index (χ0v) is 11.2. The monoisotopic (exact) mass is 268 g/mol. The number of aliphatic carboxylic acids is 1. The molecule has 2 aliphatic heterocycles. The van der Waals surface area contributed by atoms with Crippen molar-refractivity contribution in [2.75, 3.05) is 19.6 Å². The van der Waals surface area contributed by atoms with Gasteiger partial charge in [-0.1, -0.05) is 0 Å². The van der Waals surface area contributed by atoms with E-state index in [1.165, 1.54) is 6.92 Å². The molecule has 106 valence electrons. The smallest absolute Gasteiger partial charge is 0.308 e. The molecule has 1 N–H and O–H groups in total. The number of carbonyl (C=O) groups excluding carboxylic acids is 2. The molecule has 6 nitrogen and oxygen atoms in total. The van der Waals surface area contributed by atoms with Crippen LogP contribution in [-0.2, 0) is 14.4 Å². The quantitative estimate of drug-likeness (QED) is 0.782. The van der Waals surface area contributed by atoms with E-state index < -0.39 is 11.9 Å². The van der Waals surface area contributed by atoms with Gasteiger partial charge in [-0.15, -0.1) is 0 Å². The molecule has 0 spiro atoms. The van der Waals surface area contributed by atoms with E-state index in [1.54, 1.807) is 9.80 Å². The molecule has 0 unspecified atom stereocenters. The first-order chi connectivity index (χ1) is 9.00. The number of carboxylic acid groups (broad SMARTS) is 1. The predicted octanol–water partition coefficient (Wildman–Crippen LogP) is 0.320. The van der Waals surface area contributed by atoms with Crippen molar-refractivity contribution >= 4 is 17.8 Å². The molecule has 6 heteroatoms. The van der Waals surface area contributed by atoms with Gasteiger partial charge >= 0.3 is 5.97 Å². The summed E-state index contributed by atoms with van der Waals surface area (Å²) >= 11 is 0. The van der Waals surface area contributed by atoms with Crippen molar-refractivity contribution in [3.63, 3.8) is 0 Å². The average molecular weight is 268 g/mol. The highest BCUT2D eigenvalue weighted by atomic mass is 16.4. The number of amides is 2. The Bertz CT molecular complexity index is 396. The number of nitrogens with zero attached hydrogens (tertiary/aromatic N) is 2. The maximum absolute atomic E-state index is 12.4. The minimum atomic E-state index is -0.840. The Morgan fingerprint density at radius 3 is 2.42 bits per heavy atom. The van der Waals surface area contributed by atoms with E-state index in [0.29, 0.717) is 25.9 Å². The molecule has 0 aliphatic carbocycles. The van der Waals surface area contributed by atoms with Gasteiger partial charge in [0.05, 0.1) is 5.92 Å². The highest BCUT2D eigenvalue weighted by Crippen LogP contribution is 2.23. The molecular formula is C13H20N2O4. The van der Waals surface area contributed by atoms with Crippen molar-refractivity contribution < 1.29 is 19.5 Å². The van der Waals surface area contributed by atoms with Gasteiger partial charge in [-0.05, 0) is 25.7 Å². The third-order valence-electron chi connectivity index (χ3n) is 4.02. The molecule has 2 fully saturated rings. The van der Waals surface area contributed by atoms with Crippen LogP contribution in [0.3, 0.4) is 0 Å². The molecule has 0 aromatic heterocycles. The number of hydrogen-bond acceptors (Lipinski definition) is 3. The summed E-state index contributed by atoms with van der Waals surface area (Å²) in [7, 11) is 0. The maximum Gasteiger partial charge on any atom is 0.308 e. The summed E-state index contributed by atoms with van der Waals surface area (Å²) in [4.78, 5) is 38.1. The lowest BCUT2D eigenvalue weighted by molar-refractivity contribution is -0.149. The summed E-state index contributed by atoms with van der Waals surface area (Å²) in [6, 6.07) is -0.384. The van der Waals surface area contributed by atoms with Crippen LogP contribution >= 0.6 is 0 Å². The third-order valence-corrected chi connectivity index (χ3v) is 4.02. The second kappa shape index (κ2) is 5.59. The number of carboxylic acids is 1. The molecule has 2 rings (SSSR count). The SMILES string of the molecule is CC(=O)N1CCC[C@H]1C(=O)N1CCC[C@@H](C(=O)O)C1. The molecular weight excluding hydrogens is 248 g/mol. The van der Waals surface area contributed by atoms with E-state index in [0.717, 1.165) is 12.8 Å². The summed E-state index contributed by atoms with van der Waals surface area (Å²) < 4.78 is 0. The van der Waals surface area contributed by atoms with Gasteiger partial charge in [0.1, 0.15) is 6.04 Å². The second-order valence-corrected chi connectivity index (χ2v) is 5.33. The number of hydrogen-bond donors (Lipinski definition) is 1. The van der Waals surface area contributed by atoms with Crippen molar-refractivity contribution in [2.24, 2.45) is 5.92 Å². The second-order valence-electron chi connectivity index (χ2n) is 5.33. The van der Waals surface area contributed by atoms with Gasteiger partial charge in [0.15, 0.2) is 0 Å². The van der Waals surface area contributed by atoms with Gasteiger partial charge < -0.3 is 14.9 Å². The zero-order chi connectivity index (χ0) is 14.0. The summed E-state index contributed by atoms with van der Waals surface area (Å²) in [5, 5.41) is 9.04. The third kappa shape index (κ3) is 2.88. The van der Waals surface area contributed by atoms with E-state index in [2.05, 4.69) is 0 Å². The molecule has 2 saturated heterocycles. The zero-order valence-electron chi connectivity index (χ0n) is 11.2. The van der Waals surface area contributed by atoms with Crippen LogP contribution in [-0.4, -0.2) is 58.4 Å². The number of carbonyl (C=O) groups is 3. The average Bonchev–Trinajstić information content (AvgIpc) is 2.87. The molecule has 19 heavy (non-hydrogen) atoms. The van der Waals surface area contributed by atoms with E-state index in [-0.39, 0.29) is 24.4 Å². The fourth-order valence-corrected chi connectivity index (χ4v) is 2.99. The maximum atomic E-state index is 12.4. The molecule has 0 aromatic carbocycles. The Kier molecular flexibility index (Phi) is 4.07. The predicted molar refractivity (Wildman–Crippen MR) is 67.3 cm³/mol. The van der Waals surface area contributed by atoms with Crippen LogP contribution in [0.4, 0.5) is 0 Å². The summed E-state index contributed by atoms with van der Waals surface area (Å²) in [5.41, 5.74) is 0. The van der Waals surface area contributed by atoms with E-state index in [4.69, 9.17) is 5.11 Å². The molecule has 2 heterocycles. The van der Waals surface area contributed by atoms with Crippen molar-refractivity contribution in [1.82, 2.24) is 9.80 Å². The lowest BCUT2D eigenvalue weighted by Crippen LogP contribution is -2.51. The molecule has 2 aliphatic rings. The van der Waals surface area contributed by atoms with Crippen molar-refractivity contribution in [1.29, 1.82) is 0 Å². The Balaban J connectivity index is 2.02. The lowest BCUT2D eigenvalue weighted by Gasteiger charge is -2.34. The molecule has 2 atom stereocenters. The Labute approximate surface area is 112 Å². The fourth-order valence-electron chi connectivity index (χ4n) is 2.99. The Morgan fingerprint density at radius 2 is 1.79 bits per heavy atom. The first-order valence-corrected chi connectivity index (χ1v) is 6.79. The van der Waals surface area contributed by atoms with Crippen LogP contribution in [0.15, 0.2) is 0 Å². The number of rotatable bonds is 2. The minimum absolute atomic E-state index is 0.0809. The summed E-state index contributed by atoms with van der Waals surface area (Å²) in [6.45, 7) is 2.98. The first-order valence-electron chi connectivity index (χ1n) is 6.79. The Hall–Kier alpha value is -1.59. The topological polar surface area (TPSA) is 77.9 Å². The van der Waals surface area contributed by atoms with Gasteiger partial charge in [-0.2, -0.15) is 0 Å². The van der Waals surface area contributed by atoms with Gasteiger partial charge in [0.25, 0.3) is 0 Å². The van der Waals surface area contributed by atoms with E-state index in [9.17, 15) is 14.4 Å². The Morgan fingerprint density at radius 1 is 1.11 bits per heavy atom. The van der Waals surface area contributed by atoms with Gasteiger partial charge in [-0.3, -0.25) is 14.4 Å².